The van der Waals surface area contributed by atoms with Gasteiger partial charge in [-0.25, -0.2) is 0 Å². The van der Waals surface area contributed by atoms with Gasteiger partial charge >= 0.3 is 0 Å². The highest BCUT2D eigenvalue weighted by molar-refractivity contribution is 7.10. The Hall–Kier alpha value is -0.870. The minimum absolute atomic E-state index is 0.0778. The third kappa shape index (κ3) is 4.77. The highest BCUT2D eigenvalue weighted by Gasteiger charge is 2.10. The largest absolute Gasteiger partial charge is 0.352 e. The smallest absolute Gasteiger partial charge is 0.225 e. The van der Waals surface area contributed by atoms with Crippen molar-refractivity contribution < 1.29 is 4.79 Å². The average Bonchev–Trinajstić information content (AvgIpc) is 2.76. The van der Waals surface area contributed by atoms with Gasteiger partial charge in [0.25, 0.3) is 0 Å². The number of nitrogens with one attached hydrogen (secondary N) is 1. The van der Waals surface area contributed by atoms with Crippen molar-refractivity contribution in [3.8, 4) is 0 Å². The molecule has 0 aliphatic rings. The first-order valence-corrected chi connectivity index (χ1v) is 6.66. The molecular weight excluding hydrogens is 220 g/mol. The van der Waals surface area contributed by atoms with Gasteiger partial charge in [-0.3, -0.25) is 4.79 Å². The minimum Gasteiger partial charge on any atom is -0.352 e. The van der Waals surface area contributed by atoms with Crippen LogP contribution in [0.5, 0.6) is 0 Å². The molecule has 3 nitrogen and oxygen atoms in total. The summed E-state index contributed by atoms with van der Waals surface area (Å²) in [4.78, 5) is 12.8. The Balaban J connectivity index is 2.31. The molecule has 1 aromatic heterocycles. The number of hydrogen-bond donors (Lipinski definition) is 2. The van der Waals surface area contributed by atoms with E-state index < -0.39 is 0 Å². The molecule has 0 fully saturated rings. The molecule has 16 heavy (non-hydrogen) atoms. The molecular formula is C12H20N2OS. The van der Waals surface area contributed by atoms with Crippen molar-refractivity contribution in [3.63, 3.8) is 0 Å². The van der Waals surface area contributed by atoms with Crippen LogP contribution < -0.4 is 11.1 Å². The lowest BCUT2D eigenvalue weighted by Crippen LogP contribution is -2.40. The second kappa shape index (κ2) is 7.41. The van der Waals surface area contributed by atoms with Gasteiger partial charge < -0.3 is 11.1 Å². The van der Waals surface area contributed by atoms with Gasteiger partial charge in [0.2, 0.25) is 5.91 Å². The maximum Gasteiger partial charge on any atom is 0.225 e. The SMILES string of the molecule is CCCCC(CN)NC(=O)Cc1cccs1. The molecule has 0 aliphatic carbocycles. The summed E-state index contributed by atoms with van der Waals surface area (Å²) in [6.07, 6.45) is 3.70. The molecule has 4 heteroatoms. The summed E-state index contributed by atoms with van der Waals surface area (Å²) in [5, 5.41) is 4.97. The maximum absolute atomic E-state index is 11.7. The number of unbranched alkanes of at least 4 members (excludes halogenated alkanes) is 1. The van der Waals surface area contributed by atoms with Crippen LogP contribution in [0.2, 0.25) is 0 Å². The molecule has 90 valence electrons. The number of amides is 1. The molecule has 1 heterocycles. The molecule has 0 saturated carbocycles. The van der Waals surface area contributed by atoms with Crippen molar-refractivity contribution in [1.29, 1.82) is 0 Å². The first kappa shape index (κ1) is 13.2. The van der Waals surface area contributed by atoms with Crippen LogP contribution >= 0.6 is 11.3 Å². The van der Waals surface area contributed by atoms with Crippen molar-refractivity contribution in [1.82, 2.24) is 5.32 Å². The highest BCUT2D eigenvalue weighted by atomic mass is 32.1. The van der Waals surface area contributed by atoms with E-state index in [2.05, 4.69) is 12.2 Å². The number of rotatable bonds is 7. The van der Waals surface area contributed by atoms with Gasteiger partial charge in [0.1, 0.15) is 0 Å². The summed E-state index contributed by atoms with van der Waals surface area (Å²) in [7, 11) is 0. The zero-order chi connectivity index (χ0) is 11.8. The number of carbonyl (C=O) groups excluding carboxylic acids is 1. The van der Waals surface area contributed by atoms with Crippen LogP contribution in [-0.2, 0) is 11.2 Å². The fourth-order valence-corrected chi connectivity index (χ4v) is 2.25. The standard InChI is InChI=1S/C12H20N2OS/c1-2-3-5-10(9-13)14-12(15)8-11-6-4-7-16-11/h4,6-7,10H,2-3,5,8-9,13H2,1H3,(H,14,15). The Morgan fingerprint density at radius 3 is 3.00 bits per heavy atom. The number of nitrogens with two attached hydrogens (primary N) is 1. The molecule has 0 radical (unpaired) electrons. The number of hydrogen-bond acceptors (Lipinski definition) is 3. The van der Waals surface area contributed by atoms with Crippen LogP contribution in [0.15, 0.2) is 17.5 Å². The van der Waals surface area contributed by atoms with Crippen molar-refractivity contribution in [3.05, 3.63) is 22.4 Å². The second-order valence-corrected chi connectivity index (χ2v) is 4.93. The Morgan fingerprint density at radius 1 is 1.62 bits per heavy atom. The van der Waals surface area contributed by atoms with Crippen LogP contribution in [-0.4, -0.2) is 18.5 Å². The van der Waals surface area contributed by atoms with Crippen LogP contribution in [0.1, 0.15) is 31.1 Å². The molecule has 1 unspecified atom stereocenters. The molecule has 3 N–H and O–H groups in total. The number of carbonyl (C=O) groups is 1. The van der Waals surface area contributed by atoms with E-state index in [1.165, 1.54) is 0 Å². The maximum atomic E-state index is 11.7. The summed E-state index contributed by atoms with van der Waals surface area (Å²) in [6, 6.07) is 4.07. The second-order valence-electron chi connectivity index (χ2n) is 3.90. The van der Waals surface area contributed by atoms with Crippen molar-refractivity contribution in [2.45, 2.75) is 38.6 Å². The zero-order valence-electron chi connectivity index (χ0n) is 9.74. The summed E-state index contributed by atoms with van der Waals surface area (Å²) in [6.45, 7) is 2.66. The van der Waals surface area contributed by atoms with Gasteiger partial charge in [0.05, 0.1) is 6.42 Å². The summed E-state index contributed by atoms with van der Waals surface area (Å²) < 4.78 is 0. The Labute approximate surface area is 101 Å². The zero-order valence-corrected chi connectivity index (χ0v) is 10.6. The first-order valence-electron chi connectivity index (χ1n) is 5.78. The molecule has 1 amide bonds. The predicted octanol–water partition coefficient (Wildman–Crippen LogP) is 1.92. The third-order valence-corrected chi connectivity index (χ3v) is 3.35. The molecule has 0 aromatic carbocycles. The highest BCUT2D eigenvalue weighted by Crippen LogP contribution is 2.09. The van der Waals surface area contributed by atoms with Crippen LogP contribution in [0.4, 0.5) is 0 Å². The van der Waals surface area contributed by atoms with E-state index in [9.17, 15) is 4.79 Å². The Kier molecular flexibility index (Phi) is 6.11. The molecule has 0 saturated heterocycles. The number of thiophene rings is 1. The van der Waals surface area contributed by atoms with Gasteiger partial charge in [0.15, 0.2) is 0 Å². The van der Waals surface area contributed by atoms with Gasteiger partial charge in [-0.05, 0) is 17.9 Å². The molecule has 1 rings (SSSR count). The first-order chi connectivity index (χ1) is 7.76. The van der Waals surface area contributed by atoms with Crippen LogP contribution in [0, 0.1) is 0 Å². The molecule has 1 aromatic rings. The van der Waals surface area contributed by atoms with E-state index in [4.69, 9.17) is 5.73 Å². The summed E-state index contributed by atoms with van der Waals surface area (Å²) in [5.74, 6) is 0.0778. The van der Waals surface area contributed by atoms with Gasteiger partial charge in [-0.15, -0.1) is 11.3 Å². The van der Waals surface area contributed by atoms with E-state index in [0.717, 1.165) is 24.1 Å². The van der Waals surface area contributed by atoms with Crippen molar-refractivity contribution in [2.75, 3.05) is 6.54 Å². The normalized spacial score (nSPS) is 12.4. The molecule has 0 spiro atoms. The van der Waals surface area contributed by atoms with Crippen LogP contribution in [0.3, 0.4) is 0 Å². The van der Waals surface area contributed by atoms with E-state index in [1.807, 2.05) is 17.5 Å². The summed E-state index contributed by atoms with van der Waals surface area (Å²) >= 11 is 1.61. The van der Waals surface area contributed by atoms with Gasteiger partial charge in [-0.1, -0.05) is 25.8 Å². The van der Waals surface area contributed by atoms with E-state index in [0.29, 0.717) is 13.0 Å². The minimum atomic E-state index is 0.0778. The third-order valence-electron chi connectivity index (χ3n) is 2.47. The lowest BCUT2D eigenvalue weighted by atomic mass is 10.1. The molecule has 1 atom stereocenters. The van der Waals surface area contributed by atoms with Crippen LogP contribution in [0.25, 0.3) is 0 Å². The lowest BCUT2D eigenvalue weighted by molar-refractivity contribution is -0.121. The summed E-state index contributed by atoms with van der Waals surface area (Å²) in [5.41, 5.74) is 5.62. The Morgan fingerprint density at radius 2 is 2.44 bits per heavy atom. The van der Waals surface area contributed by atoms with E-state index in [1.54, 1.807) is 11.3 Å². The molecule has 0 aliphatic heterocycles. The van der Waals surface area contributed by atoms with Gasteiger partial charge in [-0.2, -0.15) is 0 Å². The topological polar surface area (TPSA) is 55.1 Å². The lowest BCUT2D eigenvalue weighted by Gasteiger charge is -2.16. The fourth-order valence-electron chi connectivity index (χ4n) is 1.55. The Bertz CT molecular complexity index is 298. The fraction of sp³-hybridized carbons (Fsp3) is 0.583. The van der Waals surface area contributed by atoms with E-state index >= 15 is 0 Å². The monoisotopic (exact) mass is 240 g/mol. The molecule has 0 bridgehead atoms. The quantitative estimate of drug-likeness (QED) is 0.765. The van der Waals surface area contributed by atoms with Gasteiger partial charge in [0, 0.05) is 17.5 Å². The van der Waals surface area contributed by atoms with E-state index in [-0.39, 0.29) is 11.9 Å². The predicted molar refractivity (Wildman–Crippen MR) is 68.5 cm³/mol. The van der Waals surface area contributed by atoms with Crippen molar-refractivity contribution in [2.24, 2.45) is 5.73 Å². The average molecular weight is 240 g/mol. The van der Waals surface area contributed by atoms with Crippen molar-refractivity contribution >= 4 is 17.2 Å².